The van der Waals surface area contributed by atoms with Crippen molar-refractivity contribution in [3.63, 3.8) is 0 Å². The lowest BCUT2D eigenvalue weighted by Gasteiger charge is -2.07. The molecule has 0 spiro atoms. The number of ether oxygens (including phenoxy) is 1. The van der Waals surface area contributed by atoms with Gasteiger partial charge in [-0.1, -0.05) is 0 Å². The highest BCUT2D eigenvalue weighted by molar-refractivity contribution is 6.42. The van der Waals surface area contributed by atoms with Gasteiger partial charge in [-0.25, -0.2) is 4.79 Å². The third-order valence-corrected chi connectivity index (χ3v) is 2.98. The first-order valence-electron chi connectivity index (χ1n) is 4.77. The van der Waals surface area contributed by atoms with Crippen molar-refractivity contribution in [3.8, 4) is 0 Å². The molecular weight excluding hydrogens is 200 g/mol. The second-order valence-corrected chi connectivity index (χ2v) is 4.31. The highest BCUT2D eigenvalue weighted by Gasteiger charge is 1.99. The van der Waals surface area contributed by atoms with E-state index in [-0.39, 0.29) is 5.97 Å². The normalized spacial score (nSPS) is 13.9. The Bertz CT molecular complexity index is 176. The van der Waals surface area contributed by atoms with Gasteiger partial charge in [0.1, 0.15) is 6.61 Å². The summed E-state index contributed by atoms with van der Waals surface area (Å²) in [4.78, 5) is 9.93. The van der Waals surface area contributed by atoms with Crippen molar-refractivity contribution in [2.75, 3.05) is 19.8 Å². The monoisotopic (exact) mass is 218 g/mol. The molecule has 0 amide bonds. The molecule has 0 aromatic rings. The number of esters is 1. The van der Waals surface area contributed by atoms with E-state index >= 15 is 0 Å². The van der Waals surface area contributed by atoms with E-state index in [1.165, 1.54) is 6.08 Å². The maximum atomic E-state index is 9.93. The van der Waals surface area contributed by atoms with Crippen LogP contribution in [0.2, 0.25) is 6.55 Å². The zero-order chi connectivity index (χ0) is 10.8. The van der Waals surface area contributed by atoms with Crippen LogP contribution < -0.4 is 0 Å². The molecule has 0 aliphatic carbocycles. The molecular formula is C9H18O4Si. The predicted octanol–water partition coefficient (Wildman–Crippen LogP) is 1.01. The molecule has 0 N–H and O–H groups in total. The highest BCUT2D eigenvalue weighted by Crippen LogP contribution is 1.89. The van der Waals surface area contributed by atoms with Gasteiger partial charge in [-0.15, -0.1) is 0 Å². The summed E-state index contributed by atoms with van der Waals surface area (Å²) < 4.78 is 14.8. The Labute approximate surface area is 86.7 Å². The van der Waals surface area contributed by atoms with Crippen LogP contribution in [0, 0.1) is 0 Å². The molecule has 0 aromatic heterocycles. The number of hydrogen-bond donors (Lipinski definition) is 0. The van der Waals surface area contributed by atoms with Crippen LogP contribution in [0.3, 0.4) is 0 Å². The zero-order valence-electron chi connectivity index (χ0n) is 8.99. The van der Waals surface area contributed by atoms with Crippen LogP contribution >= 0.6 is 0 Å². The van der Waals surface area contributed by atoms with Gasteiger partial charge in [-0.2, -0.15) is 0 Å². The summed E-state index contributed by atoms with van der Waals surface area (Å²) in [7, 11) is -1.20. The van der Waals surface area contributed by atoms with Crippen molar-refractivity contribution in [1.82, 2.24) is 0 Å². The van der Waals surface area contributed by atoms with E-state index in [4.69, 9.17) is 8.85 Å². The van der Waals surface area contributed by atoms with Crippen LogP contribution in [-0.4, -0.2) is 35.1 Å². The molecule has 14 heavy (non-hydrogen) atoms. The molecule has 0 radical (unpaired) electrons. The summed E-state index contributed by atoms with van der Waals surface area (Å²) >= 11 is 0. The molecule has 0 saturated heterocycles. The van der Waals surface area contributed by atoms with Crippen LogP contribution in [0.15, 0.2) is 12.2 Å². The minimum Gasteiger partial charge on any atom is -0.458 e. The number of carbonyl (C=O) groups is 1. The van der Waals surface area contributed by atoms with Crippen LogP contribution in [-0.2, 0) is 18.4 Å². The van der Waals surface area contributed by atoms with Gasteiger partial charge >= 0.3 is 15.3 Å². The Kier molecular flexibility index (Phi) is 8.51. The Morgan fingerprint density at radius 2 is 2.00 bits per heavy atom. The van der Waals surface area contributed by atoms with Gasteiger partial charge in [0.05, 0.1) is 0 Å². The fourth-order valence-corrected chi connectivity index (χ4v) is 1.88. The van der Waals surface area contributed by atoms with Gasteiger partial charge in [-0.05, 0) is 26.5 Å². The maximum Gasteiger partial charge on any atom is 0.330 e. The number of hydrogen-bond acceptors (Lipinski definition) is 4. The van der Waals surface area contributed by atoms with Crippen LogP contribution in [0.1, 0.15) is 13.8 Å². The lowest BCUT2D eigenvalue weighted by atomic mass is 10.6. The lowest BCUT2D eigenvalue weighted by molar-refractivity contribution is -0.134. The average molecular weight is 218 g/mol. The molecule has 0 saturated carbocycles. The van der Waals surface area contributed by atoms with Crippen molar-refractivity contribution in [1.29, 1.82) is 0 Å². The van der Waals surface area contributed by atoms with Gasteiger partial charge in [0, 0.05) is 19.3 Å². The Balaban J connectivity index is 0.000000249. The second-order valence-electron chi connectivity index (χ2n) is 2.51. The van der Waals surface area contributed by atoms with Gasteiger partial charge in [-0.3, -0.25) is 0 Å². The van der Waals surface area contributed by atoms with E-state index in [2.05, 4.69) is 4.74 Å². The first-order valence-corrected chi connectivity index (χ1v) is 6.87. The van der Waals surface area contributed by atoms with E-state index in [9.17, 15) is 4.79 Å². The lowest BCUT2D eigenvalue weighted by Crippen LogP contribution is -2.17. The molecule has 5 heteroatoms. The van der Waals surface area contributed by atoms with Crippen LogP contribution in [0.25, 0.3) is 0 Å². The van der Waals surface area contributed by atoms with E-state index in [1.807, 2.05) is 20.4 Å². The Morgan fingerprint density at radius 1 is 1.43 bits per heavy atom. The third-order valence-electron chi connectivity index (χ3n) is 1.38. The fourth-order valence-electron chi connectivity index (χ4n) is 0.840. The summed E-state index contributed by atoms with van der Waals surface area (Å²) in [6, 6.07) is 0. The summed E-state index contributed by atoms with van der Waals surface area (Å²) in [5, 5.41) is 0. The van der Waals surface area contributed by atoms with Gasteiger partial charge in [0.2, 0.25) is 0 Å². The summed E-state index contributed by atoms with van der Waals surface area (Å²) in [6.07, 6.45) is 3.10. The average Bonchev–Trinajstić information content (AvgIpc) is 2.58. The maximum absolute atomic E-state index is 9.93. The predicted molar refractivity (Wildman–Crippen MR) is 56.4 cm³/mol. The fraction of sp³-hybridized carbons (Fsp3) is 0.667. The zero-order valence-corrected chi connectivity index (χ0v) is 10.1. The number of carbonyl (C=O) groups excluding carboxylic acids is 1. The SMILES string of the molecule is CCO[SiH](C)OCC.O=C1C=CCO1. The van der Waals surface area contributed by atoms with E-state index in [1.54, 1.807) is 6.08 Å². The Morgan fingerprint density at radius 3 is 2.21 bits per heavy atom. The van der Waals surface area contributed by atoms with Crippen molar-refractivity contribution in [2.24, 2.45) is 0 Å². The third kappa shape index (κ3) is 7.97. The molecule has 1 rings (SSSR count). The molecule has 0 bridgehead atoms. The smallest absolute Gasteiger partial charge is 0.330 e. The number of rotatable bonds is 4. The van der Waals surface area contributed by atoms with Crippen LogP contribution in [0.5, 0.6) is 0 Å². The summed E-state index contributed by atoms with van der Waals surface area (Å²) in [5.41, 5.74) is 0. The van der Waals surface area contributed by atoms with E-state index < -0.39 is 9.28 Å². The topological polar surface area (TPSA) is 44.8 Å². The largest absolute Gasteiger partial charge is 0.458 e. The molecule has 0 aromatic carbocycles. The first kappa shape index (κ1) is 13.3. The molecule has 0 fully saturated rings. The van der Waals surface area contributed by atoms with Crippen LogP contribution in [0.4, 0.5) is 0 Å². The van der Waals surface area contributed by atoms with Crippen molar-refractivity contribution in [3.05, 3.63) is 12.2 Å². The molecule has 0 atom stereocenters. The van der Waals surface area contributed by atoms with Gasteiger partial charge in [0.25, 0.3) is 0 Å². The van der Waals surface area contributed by atoms with Gasteiger partial charge < -0.3 is 13.6 Å². The highest BCUT2D eigenvalue weighted by atomic mass is 28.3. The minimum absolute atomic E-state index is 0.227. The first-order chi connectivity index (χ1) is 6.70. The molecule has 82 valence electrons. The minimum atomic E-state index is -1.20. The quantitative estimate of drug-likeness (QED) is 0.522. The van der Waals surface area contributed by atoms with Crippen molar-refractivity contribution in [2.45, 2.75) is 20.4 Å². The standard InChI is InChI=1S/C5H14O2Si.C4H4O2/c1-4-6-8(3)7-5-2;5-4-2-1-3-6-4/h8H,4-5H2,1-3H3;1-2H,3H2. The second kappa shape index (κ2) is 8.92. The summed E-state index contributed by atoms with van der Waals surface area (Å²) in [5.74, 6) is -0.227. The molecule has 1 heterocycles. The molecule has 1 aliphatic rings. The van der Waals surface area contributed by atoms with E-state index in [0.29, 0.717) is 6.61 Å². The molecule has 0 unspecified atom stereocenters. The van der Waals surface area contributed by atoms with Crippen molar-refractivity contribution >= 4 is 15.3 Å². The number of cyclic esters (lactones) is 1. The summed E-state index contributed by atoms with van der Waals surface area (Å²) in [6.45, 7) is 8.04. The van der Waals surface area contributed by atoms with Gasteiger partial charge in [0.15, 0.2) is 0 Å². The Hall–Kier alpha value is -0.653. The molecule has 1 aliphatic heterocycles. The van der Waals surface area contributed by atoms with Crippen molar-refractivity contribution < 1.29 is 18.4 Å². The molecule has 4 nitrogen and oxygen atoms in total. The van der Waals surface area contributed by atoms with E-state index in [0.717, 1.165) is 13.2 Å².